The van der Waals surface area contributed by atoms with Gasteiger partial charge in [0.05, 0.1) is 23.7 Å². The number of ether oxygens (including phenoxy) is 1. The van der Waals surface area contributed by atoms with Crippen LogP contribution in [0.2, 0.25) is 0 Å². The van der Waals surface area contributed by atoms with Crippen LogP contribution >= 0.6 is 11.3 Å². The lowest BCUT2D eigenvalue weighted by Gasteiger charge is -2.28. The molecule has 8 heteroatoms. The Morgan fingerprint density at radius 2 is 1.65 bits per heavy atom. The van der Waals surface area contributed by atoms with Crippen LogP contribution in [0.1, 0.15) is 55.9 Å². The minimum atomic E-state index is -3.84. The molecule has 4 rings (SSSR count). The molecule has 1 N–H and O–H groups in total. The molecule has 2 aromatic rings. The summed E-state index contributed by atoms with van der Waals surface area (Å²) in [6.07, 6.45) is 3.81. The number of anilines is 1. The average molecular weight is 463 g/mol. The van der Waals surface area contributed by atoms with Crippen LogP contribution in [0.4, 0.5) is 5.00 Å². The van der Waals surface area contributed by atoms with Gasteiger partial charge in [0.15, 0.2) is 0 Å². The van der Waals surface area contributed by atoms with Crippen molar-refractivity contribution in [3.8, 4) is 0 Å². The molecule has 2 heterocycles. The number of benzene rings is 1. The third-order valence-electron chi connectivity index (χ3n) is 6.48. The number of morpholine rings is 1. The first-order valence-corrected chi connectivity index (χ1v) is 13.1. The number of fused-ring (bicyclic) bond motifs is 1. The summed E-state index contributed by atoms with van der Waals surface area (Å²) in [5.74, 6) is -0.0886. The van der Waals surface area contributed by atoms with Crippen molar-refractivity contribution < 1.29 is 17.9 Å². The number of nitrogens with zero attached hydrogens (tertiary/aromatic N) is 1. The van der Waals surface area contributed by atoms with Crippen LogP contribution in [0.25, 0.3) is 0 Å². The van der Waals surface area contributed by atoms with Crippen molar-refractivity contribution >= 4 is 32.3 Å². The molecular formula is C23H30N2O4S2. The van der Waals surface area contributed by atoms with Crippen molar-refractivity contribution in [2.75, 3.05) is 31.0 Å². The zero-order chi connectivity index (χ0) is 22.3. The maximum atomic E-state index is 13.6. The second-order valence-electron chi connectivity index (χ2n) is 8.51. The summed E-state index contributed by atoms with van der Waals surface area (Å²) in [7, 11) is -3.84. The lowest BCUT2D eigenvalue weighted by molar-refractivity contribution is 0.0303. The number of sulfonamides is 1. The highest BCUT2D eigenvalue weighted by Gasteiger charge is 2.32. The Balaban J connectivity index is 1.79. The largest absolute Gasteiger partial charge is 0.378 e. The number of nitrogens with one attached hydrogen (secondary N) is 1. The Labute approximate surface area is 188 Å². The first kappa shape index (κ1) is 22.3. The fourth-order valence-electron chi connectivity index (χ4n) is 4.55. The van der Waals surface area contributed by atoms with Crippen LogP contribution in [-0.4, -0.2) is 45.5 Å². The lowest BCUT2D eigenvalue weighted by atomic mass is 9.95. The predicted molar refractivity (Wildman–Crippen MR) is 124 cm³/mol. The molecule has 1 aliphatic carbocycles. The van der Waals surface area contributed by atoms with Gasteiger partial charge in [0, 0.05) is 18.0 Å². The highest BCUT2D eigenvalue weighted by Crippen LogP contribution is 2.40. The SMILES string of the molecule is Cc1cc(C)c(C)c(S(=O)(=O)Nc2sc3c(c2C(=O)N2CCOCC2)CCCC3)c1C. The molecule has 0 radical (unpaired) electrons. The van der Waals surface area contributed by atoms with Crippen LogP contribution in [0, 0.1) is 27.7 Å². The van der Waals surface area contributed by atoms with Crippen LogP contribution in [0.5, 0.6) is 0 Å². The van der Waals surface area contributed by atoms with E-state index in [0.29, 0.717) is 41.8 Å². The van der Waals surface area contributed by atoms with Gasteiger partial charge in [-0.25, -0.2) is 8.42 Å². The Kier molecular flexibility index (Phi) is 6.16. The number of thiophene rings is 1. The van der Waals surface area contributed by atoms with E-state index in [9.17, 15) is 13.2 Å². The molecule has 1 aromatic carbocycles. The summed E-state index contributed by atoms with van der Waals surface area (Å²) in [4.78, 5) is 16.7. The summed E-state index contributed by atoms with van der Waals surface area (Å²) in [5.41, 5.74) is 4.96. The van der Waals surface area contributed by atoms with E-state index in [4.69, 9.17) is 4.74 Å². The fourth-order valence-corrected chi connectivity index (χ4v) is 7.75. The molecule has 1 aliphatic heterocycles. The summed E-state index contributed by atoms with van der Waals surface area (Å²) in [6.45, 7) is 9.64. The second-order valence-corrected chi connectivity index (χ2v) is 11.2. The first-order valence-electron chi connectivity index (χ1n) is 10.8. The number of hydrogen-bond acceptors (Lipinski definition) is 5. The topological polar surface area (TPSA) is 75.7 Å². The van der Waals surface area contributed by atoms with Gasteiger partial charge in [0.25, 0.3) is 15.9 Å². The zero-order valence-corrected chi connectivity index (χ0v) is 20.3. The minimum absolute atomic E-state index is 0.0886. The summed E-state index contributed by atoms with van der Waals surface area (Å²) in [6, 6.07) is 2.01. The maximum Gasteiger partial charge on any atom is 0.263 e. The monoisotopic (exact) mass is 462 g/mol. The van der Waals surface area contributed by atoms with Gasteiger partial charge in [-0.05, 0) is 81.2 Å². The molecule has 0 bridgehead atoms. The Hall–Kier alpha value is -1.90. The summed E-state index contributed by atoms with van der Waals surface area (Å²) >= 11 is 1.43. The molecular weight excluding hydrogens is 432 g/mol. The Bertz CT molecular complexity index is 1100. The first-order chi connectivity index (χ1) is 14.7. The van der Waals surface area contributed by atoms with Crippen molar-refractivity contribution in [1.82, 2.24) is 4.90 Å². The Morgan fingerprint density at radius 3 is 2.29 bits per heavy atom. The fraction of sp³-hybridized carbons (Fsp3) is 0.522. The summed E-state index contributed by atoms with van der Waals surface area (Å²) in [5, 5.41) is 0.460. The van der Waals surface area contributed by atoms with Gasteiger partial charge in [-0.1, -0.05) is 6.07 Å². The van der Waals surface area contributed by atoms with Gasteiger partial charge in [-0.2, -0.15) is 0 Å². The lowest BCUT2D eigenvalue weighted by Crippen LogP contribution is -2.41. The maximum absolute atomic E-state index is 13.6. The van der Waals surface area contributed by atoms with E-state index in [2.05, 4.69) is 4.72 Å². The molecule has 1 amide bonds. The van der Waals surface area contributed by atoms with Gasteiger partial charge in [0.2, 0.25) is 0 Å². The normalized spacial score (nSPS) is 16.8. The minimum Gasteiger partial charge on any atom is -0.378 e. The quantitative estimate of drug-likeness (QED) is 0.741. The van der Waals surface area contributed by atoms with Gasteiger partial charge in [-0.3, -0.25) is 9.52 Å². The van der Waals surface area contributed by atoms with Gasteiger partial charge in [-0.15, -0.1) is 11.3 Å². The standard InChI is InChI=1S/C23H30N2O4S2/c1-14-13-15(2)17(4)21(16(14)3)31(27,28)24-22-20(18-7-5-6-8-19(18)30-22)23(26)25-9-11-29-12-10-25/h13,24H,5-12H2,1-4H3. The molecule has 1 fully saturated rings. The third kappa shape index (κ3) is 4.13. The molecule has 168 valence electrons. The predicted octanol–water partition coefficient (Wildman–Crippen LogP) is 4.13. The molecule has 0 atom stereocenters. The van der Waals surface area contributed by atoms with Crippen molar-refractivity contribution in [2.45, 2.75) is 58.3 Å². The smallest absolute Gasteiger partial charge is 0.263 e. The van der Waals surface area contributed by atoms with Crippen molar-refractivity contribution in [3.63, 3.8) is 0 Å². The van der Waals surface area contributed by atoms with Crippen LogP contribution in [0.3, 0.4) is 0 Å². The van der Waals surface area contributed by atoms with Crippen LogP contribution < -0.4 is 4.72 Å². The number of aryl methyl sites for hydroxylation is 3. The molecule has 0 unspecified atom stereocenters. The molecule has 6 nitrogen and oxygen atoms in total. The number of hydrogen-bond donors (Lipinski definition) is 1. The van der Waals surface area contributed by atoms with E-state index in [1.807, 2.05) is 33.8 Å². The van der Waals surface area contributed by atoms with Crippen LogP contribution in [0.15, 0.2) is 11.0 Å². The third-order valence-corrected chi connectivity index (χ3v) is 9.44. The van der Waals surface area contributed by atoms with E-state index < -0.39 is 10.0 Å². The number of carbonyl (C=O) groups excluding carboxylic acids is 1. The second kappa shape index (κ2) is 8.56. The number of amides is 1. The molecule has 1 saturated heterocycles. The van der Waals surface area contributed by atoms with Crippen molar-refractivity contribution in [3.05, 3.63) is 44.3 Å². The van der Waals surface area contributed by atoms with E-state index in [1.54, 1.807) is 4.90 Å². The van der Waals surface area contributed by atoms with E-state index in [1.165, 1.54) is 11.3 Å². The molecule has 0 spiro atoms. The summed E-state index contributed by atoms with van der Waals surface area (Å²) < 4.78 is 35.3. The molecule has 2 aliphatic rings. The molecule has 1 aromatic heterocycles. The van der Waals surface area contributed by atoms with Gasteiger partial charge >= 0.3 is 0 Å². The number of carbonyl (C=O) groups is 1. The molecule has 31 heavy (non-hydrogen) atoms. The van der Waals surface area contributed by atoms with Crippen molar-refractivity contribution in [1.29, 1.82) is 0 Å². The Morgan fingerprint density at radius 1 is 1.03 bits per heavy atom. The van der Waals surface area contributed by atoms with Gasteiger partial charge in [0.1, 0.15) is 5.00 Å². The van der Waals surface area contributed by atoms with E-state index in [-0.39, 0.29) is 5.91 Å². The van der Waals surface area contributed by atoms with Gasteiger partial charge < -0.3 is 9.64 Å². The van der Waals surface area contributed by atoms with E-state index in [0.717, 1.165) is 58.4 Å². The average Bonchev–Trinajstić information content (AvgIpc) is 3.09. The number of rotatable bonds is 4. The highest BCUT2D eigenvalue weighted by molar-refractivity contribution is 7.93. The van der Waals surface area contributed by atoms with Crippen LogP contribution in [-0.2, 0) is 27.6 Å². The zero-order valence-electron chi connectivity index (χ0n) is 18.6. The van der Waals surface area contributed by atoms with E-state index >= 15 is 0 Å². The molecule has 0 saturated carbocycles. The van der Waals surface area contributed by atoms with Crippen molar-refractivity contribution in [2.24, 2.45) is 0 Å². The highest BCUT2D eigenvalue weighted by atomic mass is 32.2.